The summed E-state index contributed by atoms with van der Waals surface area (Å²) in [7, 11) is 0. The van der Waals surface area contributed by atoms with Crippen LogP contribution in [0.5, 0.6) is 0 Å². The van der Waals surface area contributed by atoms with Crippen LogP contribution < -0.4 is 10.6 Å². The Bertz CT molecular complexity index is 955. The first-order valence-electron chi connectivity index (χ1n) is 8.33. The number of aromatic nitrogens is 1. The number of nitrogens with one attached hydrogen (secondary N) is 2. The van der Waals surface area contributed by atoms with Gasteiger partial charge in [-0.3, -0.25) is 9.59 Å². The second-order valence-electron chi connectivity index (χ2n) is 6.31. The third kappa shape index (κ3) is 3.52. The van der Waals surface area contributed by atoms with Crippen LogP contribution in [0.3, 0.4) is 0 Å². The Labute approximate surface area is 154 Å². The van der Waals surface area contributed by atoms with Crippen LogP contribution in [0.1, 0.15) is 39.3 Å². The minimum Gasteiger partial charge on any atom is -0.350 e. The number of amides is 2. The smallest absolute Gasteiger partial charge is 0.294 e. The van der Waals surface area contributed by atoms with Crippen LogP contribution in [0.15, 0.2) is 46.3 Å². The predicted octanol–water partition coefficient (Wildman–Crippen LogP) is 3.86. The molecule has 0 unspecified atom stereocenters. The molecule has 132 valence electrons. The fraction of sp³-hybridized carbons (Fsp3) is 0.211. The number of thiophene rings is 1. The Balaban J connectivity index is 1.48. The number of aryl methyl sites for hydroxylation is 1. The van der Waals surface area contributed by atoms with E-state index in [9.17, 15) is 9.59 Å². The molecular formula is C19H17N3O3S. The van der Waals surface area contributed by atoms with Crippen molar-refractivity contribution < 1.29 is 14.1 Å². The van der Waals surface area contributed by atoms with Crippen molar-refractivity contribution in [1.82, 2.24) is 10.5 Å². The molecule has 2 N–H and O–H groups in total. The molecule has 0 radical (unpaired) electrons. The lowest BCUT2D eigenvalue weighted by molar-refractivity contribution is 0.0952. The molecule has 1 fully saturated rings. The lowest BCUT2D eigenvalue weighted by atomic mass is 10.1. The topological polar surface area (TPSA) is 84.2 Å². The van der Waals surface area contributed by atoms with Gasteiger partial charge in [-0.1, -0.05) is 35.0 Å². The normalized spacial score (nSPS) is 13.4. The lowest BCUT2D eigenvalue weighted by Gasteiger charge is -2.05. The number of anilines is 1. The Kier molecular flexibility index (Phi) is 4.30. The minimum atomic E-state index is -0.432. The predicted molar refractivity (Wildman–Crippen MR) is 99.4 cm³/mol. The largest absolute Gasteiger partial charge is 0.350 e. The molecule has 2 amide bonds. The molecular weight excluding hydrogens is 350 g/mol. The van der Waals surface area contributed by atoms with Crippen molar-refractivity contribution in [1.29, 1.82) is 0 Å². The zero-order valence-corrected chi connectivity index (χ0v) is 14.9. The summed E-state index contributed by atoms with van der Waals surface area (Å²) in [6.07, 6.45) is 2.02. The number of nitrogens with zero attached hydrogens (tertiary/aromatic N) is 1. The van der Waals surface area contributed by atoms with E-state index in [1.165, 1.54) is 11.3 Å². The van der Waals surface area contributed by atoms with Crippen molar-refractivity contribution >= 4 is 28.2 Å². The molecule has 1 aromatic carbocycles. The van der Waals surface area contributed by atoms with Gasteiger partial charge in [0, 0.05) is 17.7 Å². The van der Waals surface area contributed by atoms with Crippen molar-refractivity contribution in [2.45, 2.75) is 25.8 Å². The van der Waals surface area contributed by atoms with Crippen LogP contribution in [0.4, 0.5) is 5.00 Å². The van der Waals surface area contributed by atoms with Gasteiger partial charge in [-0.25, -0.2) is 0 Å². The molecule has 0 saturated heterocycles. The van der Waals surface area contributed by atoms with Gasteiger partial charge in [-0.05, 0) is 31.2 Å². The first-order chi connectivity index (χ1) is 12.6. The van der Waals surface area contributed by atoms with E-state index in [1.54, 1.807) is 17.5 Å². The van der Waals surface area contributed by atoms with E-state index < -0.39 is 5.91 Å². The summed E-state index contributed by atoms with van der Waals surface area (Å²) in [6.45, 7) is 2.00. The monoisotopic (exact) mass is 367 g/mol. The summed E-state index contributed by atoms with van der Waals surface area (Å²) < 4.78 is 5.18. The molecule has 0 atom stereocenters. The molecule has 1 aliphatic rings. The average Bonchev–Trinajstić information content (AvgIpc) is 3.12. The third-order valence-electron chi connectivity index (χ3n) is 4.13. The lowest BCUT2D eigenvalue weighted by Crippen LogP contribution is -2.26. The van der Waals surface area contributed by atoms with E-state index in [1.807, 2.05) is 31.2 Å². The van der Waals surface area contributed by atoms with E-state index in [4.69, 9.17) is 4.52 Å². The van der Waals surface area contributed by atoms with E-state index >= 15 is 0 Å². The SMILES string of the molecule is Cc1ccc(-c2cc(C(=O)Nc3sccc3C(=O)NC3CC3)on2)cc1. The molecule has 2 heterocycles. The minimum absolute atomic E-state index is 0.0996. The Hall–Kier alpha value is -2.93. The standard InChI is InChI=1S/C19H17N3O3S/c1-11-2-4-12(5-3-11)15-10-16(25-22-15)18(24)21-19-14(8-9-26-19)17(23)20-13-6-7-13/h2-5,8-10,13H,6-7H2,1H3,(H,20,23)(H,21,24). The summed E-state index contributed by atoms with van der Waals surface area (Å²) in [4.78, 5) is 24.7. The Morgan fingerprint density at radius 1 is 1.15 bits per heavy atom. The van der Waals surface area contributed by atoms with Gasteiger partial charge in [0.15, 0.2) is 0 Å². The fourth-order valence-corrected chi connectivity index (χ4v) is 3.26. The van der Waals surface area contributed by atoms with Gasteiger partial charge in [0.2, 0.25) is 5.76 Å². The first-order valence-corrected chi connectivity index (χ1v) is 9.21. The highest BCUT2D eigenvalue weighted by Gasteiger charge is 2.26. The molecule has 0 spiro atoms. The van der Waals surface area contributed by atoms with Gasteiger partial charge in [0.05, 0.1) is 5.56 Å². The molecule has 7 heteroatoms. The van der Waals surface area contributed by atoms with Crippen LogP contribution in [-0.2, 0) is 0 Å². The first kappa shape index (κ1) is 16.5. The van der Waals surface area contributed by atoms with Gasteiger partial charge in [0.1, 0.15) is 10.7 Å². The molecule has 3 aromatic rings. The summed E-state index contributed by atoms with van der Waals surface area (Å²) in [5.41, 5.74) is 3.07. The molecule has 0 bridgehead atoms. The average molecular weight is 367 g/mol. The summed E-state index contributed by atoms with van der Waals surface area (Å²) in [5, 5.41) is 11.9. The quantitative estimate of drug-likeness (QED) is 0.717. The van der Waals surface area contributed by atoms with Crippen molar-refractivity contribution in [3.05, 3.63) is 58.7 Å². The zero-order valence-electron chi connectivity index (χ0n) is 14.1. The number of benzene rings is 1. The van der Waals surface area contributed by atoms with Crippen LogP contribution in [-0.4, -0.2) is 23.0 Å². The maximum absolute atomic E-state index is 12.5. The molecule has 0 aliphatic heterocycles. The van der Waals surface area contributed by atoms with Crippen LogP contribution in [0.25, 0.3) is 11.3 Å². The highest BCUT2D eigenvalue weighted by molar-refractivity contribution is 7.14. The van der Waals surface area contributed by atoms with Crippen molar-refractivity contribution in [3.63, 3.8) is 0 Å². The van der Waals surface area contributed by atoms with Gasteiger partial charge in [-0.15, -0.1) is 11.3 Å². The molecule has 1 aliphatic carbocycles. The second-order valence-corrected chi connectivity index (χ2v) is 7.22. The summed E-state index contributed by atoms with van der Waals surface area (Å²) >= 11 is 1.30. The number of hydrogen-bond donors (Lipinski definition) is 2. The van der Waals surface area contributed by atoms with Crippen LogP contribution in [0, 0.1) is 6.92 Å². The second kappa shape index (κ2) is 6.76. The Morgan fingerprint density at radius 3 is 2.65 bits per heavy atom. The zero-order chi connectivity index (χ0) is 18.1. The van der Waals surface area contributed by atoms with E-state index in [-0.39, 0.29) is 17.7 Å². The maximum Gasteiger partial charge on any atom is 0.294 e. The molecule has 1 saturated carbocycles. The van der Waals surface area contributed by atoms with Crippen molar-refractivity contribution in [2.75, 3.05) is 5.32 Å². The van der Waals surface area contributed by atoms with Crippen LogP contribution in [0.2, 0.25) is 0 Å². The number of rotatable bonds is 5. The number of carbonyl (C=O) groups excluding carboxylic acids is 2. The Morgan fingerprint density at radius 2 is 1.92 bits per heavy atom. The summed E-state index contributed by atoms with van der Waals surface area (Å²) in [6, 6.07) is 11.4. The van der Waals surface area contributed by atoms with Gasteiger partial charge in [0.25, 0.3) is 11.8 Å². The number of hydrogen-bond acceptors (Lipinski definition) is 5. The highest BCUT2D eigenvalue weighted by Crippen LogP contribution is 2.27. The van der Waals surface area contributed by atoms with Crippen LogP contribution >= 0.6 is 11.3 Å². The third-order valence-corrected chi connectivity index (χ3v) is 4.96. The van der Waals surface area contributed by atoms with E-state index in [0.29, 0.717) is 16.3 Å². The van der Waals surface area contributed by atoms with Crippen molar-refractivity contribution in [2.24, 2.45) is 0 Å². The molecule has 2 aromatic heterocycles. The summed E-state index contributed by atoms with van der Waals surface area (Å²) in [5.74, 6) is -0.497. The van der Waals surface area contributed by atoms with Gasteiger partial charge < -0.3 is 15.2 Å². The maximum atomic E-state index is 12.5. The van der Waals surface area contributed by atoms with E-state index in [2.05, 4.69) is 15.8 Å². The van der Waals surface area contributed by atoms with E-state index in [0.717, 1.165) is 24.0 Å². The van der Waals surface area contributed by atoms with Gasteiger partial charge in [-0.2, -0.15) is 0 Å². The fourth-order valence-electron chi connectivity index (χ4n) is 2.48. The molecule has 26 heavy (non-hydrogen) atoms. The molecule has 6 nitrogen and oxygen atoms in total. The molecule has 4 rings (SSSR count). The van der Waals surface area contributed by atoms with Crippen molar-refractivity contribution in [3.8, 4) is 11.3 Å². The highest BCUT2D eigenvalue weighted by atomic mass is 32.1. The number of carbonyl (C=O) groups is 2. The van der Waals surface area contributed by atoms with Gasteiger partial charge >= 0.3 is 0 Å².